The van der Waals surface area contributed by atoms with E-state index in [0.717, 1.165) is 10.8 Å². The Balaban J connectivity index is 0.653. The fourth-order valence-electron chi connectivity index (χ4n) is 17.9. The Morgan fingerprint density at radius 1 is 0.451 bits per heavy atom. The molecule has 13 rings (SSSR count). The van der Waals surface area contributed by atoms with Crippen LogP contribution in [0.25, 0.3) is 32.3 Å². The summed E-state index contributed by atoms with van der Waals surface area (Å²) in [5.41, 5.74) is 18.8. The first-order valence-electron chi connectivity index (χ1n) is 47.8. The summed E-state index contributed by atoms with van der Waals surface area (Å²) in [4.78, 5) is 217. The smallest absolute Gasteiger partial charge is 0.340 e. The predicted molar refractivity (Wildman–Crippen MR) is 530 cm³/mol. The molecule has 14 amide bonds. The van der Waals surface area contributed by atoms with Gasteiger partial charge in [-0.3, -0.25) is 77.9 Å². The maximum absolute atomic E-state index is 15.3. The lowest BCUT2D eigenvalue weighted by molar-refractivity contribution is -0.142. The van der Waals surface area contributed by atoms with Crippen LogP contribution in [0, 0.1) is 10.8 Å². The van der Waals surface area contributed by atoms with E-state index in [0.29, 0.717) is 85.7 Å². The van der Waals surface area contributed by atoms with Crippen molar-refractivity contribution in [1.82, 2.24) is 79.3 Å². The maximum atomic E-state index is 15.3. The summed E-state index contributed by atoms with van der Waals surface area (Å²) in [6.45, 7) is 3.34. The third-order valence-corrected chi connectivity index (χ3v) is 25.4. The molecule has 9 aromatic rings. The van der Waals surface area contributed by atoms with Crippen LogP contribution in [-0.4, -0.2) is 241 Å². The Bertz CT molecular complexity index is 6240. The van der Waals surface area contributed by atoms with Crippen LogP contribution in [0.2, 0.25) is 0 Å². The zero-order chi connectivity index (χ0) is 103. The Hall–Kier alpha value is -16.3. The molecule has 9 aromatic carbocycles. The standard InChI is InChI=1S/C103H120N20O21/c1-57-89(129)115-59(3)99(139)123-45-16-26-83(123)98(138)119-78(25-15-43-112-102(107)108)93(133)117-77(24-14-42-111-101(105)106)94(134)121-81(51-61-19-8-5-9-20-61)96(136)118-79(92(132)113-58(2)90(130)120-80(50-60-17-6-4-7-18-60)97(137)122-82(95(135)114-57)52-62-27-28-63-21-10-11-22-64(63)49-62)39-40-84(126)109-44-46-141-47-48-142-56-85(127)116-76(88(104)128)23-12-13-41-110-91(131)67-31-36-73-72(55-67)100(140)144-103(73)74-37-29-65-53-68(124)32-34-70(65)86(74)143-87-71-35-33-69(125)54-66(71)30-38-75(87)103/h4-11,17-22,27-38,49,53-55,57-59,76-83,124-125H,12-16,23-26,39-48,50-52,56H2,1-3H3,(H2,104,128)(H,109,126)(H,110,131)(H,113,132)(H,114,135)(H,115,129)(H,116,127)(H,117,133)(H,118,136)(H,119,138)(H,120,130)(H,121,134)(H,122,137)(H4,105,106,111)(H4,107,108,112)/t57-,58-,59-,76-,77-,78-,79-,80-,81-,82-,83-/m0/s1. The molecule has 0 radical (unpaired) electrons. The normalized spacial score (nSPS) is 20.4. The van der Waals surface area contributed by atoms with Gasteiger partial charge in [0.05, 0.1) is 25.4 Å². The van der Waals surface area contributed by atoms with Gasteiger partial charge in [0.25, 0.3) is 5.91 Å². The van der Waals surface area contributed by atoms with Gasteiger partial charge in [0, 0.05) is 91.4 Å². The number of hydrogen-bond acceptors (Lipinski definition) is 23. The minimum Gasteiger partial charge on any atom is -0.508 e. The van der Waals surface area contributed by atoms with E-state index in [4.69, 9.17) is 47.0 Å². The molecule has 758 valence electrons. The Morgan fingerprint density at radius 3 is 1.51 bits per heavy atom. The molecule has 4 aliphatic heterocycles. The predicted octanol–water partition coefficient (Wildman–Crippen LogP) is 2.61. The van der Waals surface area contributed by atoms with Crippen LogP contribution >= 0.6 is 0 Å². The first-order chi connectivity index (χ1) is 69.2. The second-order valence-corrected chi connectivity index (χ2v) is 35.9. The number of primary amides is 1. The van der Waals surface area contributed by atoms with Crippen molar-refractivity contribution in [3.05, 3.63) is 226 Å². The van der Waals surface area contributed by atoms with Crippen molar-refractivity contribution in [3.63, 3.8) is 0 Å². The number of ether oxygens (including phenoxy) is 4. The van der Waals surface area contributed by atoms with Crippen LogP contribution in [0.4, 0.5) is 0 Å². The van der Waals surface area contributed by atoms with Crippen LogP contribution < -0.4 is 96.4 Å². The highest BCUT2D eigenvalue weighted by molar-refractivity contribution is 6.06. The Morgan fingerprint density at radius 2 is 0.931 bits per heavy atom. The van der Waals surface area contributed by atoms with Crippen molar-refractivity contribution >= 4 is 133 Å². The third-order valence-electron chi connectivity index (χ3n) is 25.4. The monoisotopic (exact) mass is 1970 g/mol. The van der Waals surface area contributed by atoms with Crippen molar-refractivity contribution in [2.45, 2.75) is 183 Å². The first-order valence-corrected chi connectivity index (χ1v) is 47.8. The largest absolute Gasteiger partial charge is 0.508 e. The number of nitrogens with zero attached hydrogens (tertiary/aromatic N) is 1. The number of esters is 1. The van der Waals surface area contributed by atoms with Crippen LogP contribution in [0.3, 0.4) is 0 Å². The van der Waals surface area contributed by atoms with E-state index in [9.17, 15) is 63.0 Å². The summed E-state index contributed by atoms with van der Waals surface area (Å²) in [5.74, 6) is -12.1. The second kappa shape index (κ2) is 49.2. The number of phenolic OH excluding ortho intramolecular Hbond substituents is 2. The van der Waals surface area contributed by atoms with Crippen LogP contribution in [0.5, 0.6) is 23.0 Å². The lowest BCUT2D eigenvalue weighted by atomic mass is 9.76. The molecule has 2 saturated heterocycles. The third kappa shape index (κ3) is 27.3. The molecule has 0 saturated carbocycles. The van der Waals surface area contributed by atoms with Gasteiger partial charge in [0.15, 0.2) is 17.5 Å². The number of unbranched alkanes of at least 4 members (excludes halogenated alkanes) is 1. The highest BCUT2D eigenvalue weighted by atomic mass is 16.6. The molecule has 0 unspecified atom stereocenters. The quantitative estimate of drug-likeness (QED) is 0.0122. The molecular weight excluding hydrogens is 1850 g/mol. The number of nitrogens with one attached hydrogen (secondary N) is 16. The van der Waals surface area contributed by atoms with Gasteiger partial charge in [0.1, 0.15) is 96.1 Å². The van der Waals surface area contributed by atoms with Crippen molar-refractivity contribution in [2.75, 3.05) is 59.2 Å². The number of fused-ring (bicyclic) bond motifs is 12. The molecule has 1 spiro atoms. The topological polar surface area (TPSA) is 631 Å². The van der Waals surface area contributed by atoms with E-state index in [1.165, 1.54) is 43.9 Å². The van der Waals surface area contributed by atoms with Crippen molar-refractivity contribution in [1.29, 1.82) is 10.8 Å². The first kappa shape index (κ1) is 105. The zero-order valence-electron chi connectivity index (χ0n) is 79.8. The number of amides is 14. The average Bonchev–Trinajstić information content (AvgIpc) is 1.49. The molecule has 24 N–H and O–H groups in total. The second-order valence-electron chi connectivity index (χ2n) is 35.9. The summed E-state index contributed by atoms with van der Waals surface area (Å²) in [6, 6.07) is 35.6. The van der Waals surface area contributed by atoms with Crippen LogP contribution in [0.1, 0.15) is 145 Å². The molecule has 41 nitrogen and oxygen atoms in total. The summed E-state index contributed by atoms with van der Waals surface area (Å²) < 4.78 is 24.4. The van der Waals surface area contributed by atoms with E-state index in [-0.39, 0.29) is 139 Å². The van der Waals surface area contributed by atoms with Gasteiger partial charge in [-0.05, 0) is 184 Å². The van der Waals surface area contributed by atoms with E-state index < -0.39 is 186 Å². The number of aromatic hydroxyl groups is 2. The van der Waals surface area contributed by atoms with Gasteiger partial charge in [-0.1, -0.05) is 121 Å². The van der Waals surface area contributed by atoms with E-state index in [1.54, 1.807) is 127 Å². The van der Waals surface area contributed by atoms with Gasteiger partial charge >= 0.3 is 5.97 Å². The summed E-state index contributed by atoms with van der Waals surface area (Å²) in [7, 11) is 0. The van der Waals surface area contributed by atoms with Crippen molar-refractivity contribution in [3.8, 4) is 23.0 Å². The van der Waals surface area contributed by atoms with Gasteiger partial charge in [-0.25, -0.2) is 4.79 Å². The number of benzene rings is 9. The van der Waals surface area contributed by atoms with Crippen LogP contribution in [-0.2, 0) is 101 Å². The van der Waals surface area contributed by atoms with E-state index in [1.807, 2.05) is 36.4 Å². The number of carbonyl (C=O) groups excluding carboxylic acids is 15. The Kier molecular flexibility index (Phi) is 35.9. The van der Waals surface area contributed by atoms with Crippen LogP contribution in [0.15, 0.2) is 182 Å². The maximum Gasteiger partial charge on any atom is 0.340 e. The van der Waals surface area contributed by atoms with Crippen molar-refractivity contribution < 1.29 is 101 Å². The van der Waals surface area contributed by atoms with Gasteiger partial charge in [-0.2, -0.15) is 0 Å². The molecule has 11 atom stereocenters. The molecule has 2 fully saturated rings. The van der Waals surface area contributed by atoms with Crippen molar-refractivity contribution in [2.24, 2.45) is 17.2 Å². The molecule has 0 aliphatic carbocycles. The minimum absolute atomic E-state index is 0.0137. The fourth-order valence-corrected chi connectivity index (χ4v) is 17.9. The summed E-state index contributed by atoms with van der Waals surface area (Å²) in [5, 5.41) is 78.3. The summed E-state index contributed by atoms with van der Waals surface area (Å²) in [6.07, 6.45) is -0.475. The SMILES string of the molecule is C[C@@H]1NC(=O)[C@H](Cc2ccc3ccccc3c2)NC(=O)[C@H](Cc2ccccc2)NC(=O)[C@H](C)NC(=O)[C@H](CCC(=O)NCCOCCOCC(=O)N[C@@H](CCCCNC(=O)c2ccc3c(c2)C(=O)OC32c3ccc4cc(O)ccc4c3Oc3c2ccc2cc(O)ccc32)C(N)=O)NC(=O)[C@H](Cc2ccccc2)NC(=O)[C@H](CCCNC(=N)N)NC(=O)[C@H](CCCNC(=N)N)NC(=O)[C@@H]2CCCN2C(=O)[C@H](C)NC1=O. The fraction of sp³-hybridized carbons (Fsp3) is 0.369. The summed E-state index contributed by atoms with van der Waals surface area (Å²) >= 11 is 0. The average molecular weight is 1970 g/mol. The molecular formula is C103H120N20O21. The lowest BCUT2D eigenvalue weighted by Crippen LogP contribution is -2.61. The molecule has 4 aliphatic rings. The molecule has 0 aromatic heterocycles. The number of carbonyl (C=O) groups is 15. The highest BCUT2D eigenvalue weighted by Gasteiger charge is 2.55. The Labute approximate surface area is 828 Å². The minimum atomic E-state index is -1.70. The van der Waals surface area contributed by atoms with Gasteiger partial charge in [0.2, 0.25) is 76.8 Å². The highest BCUT2D eigenvalue weighted by Crippen LogP contribution is 2.59. The zero-order valence-corrected chi connectivity index (χ0v) is 79.8. The number of nitrogens with two attached hydrogens (primary N) is 3. The van der Waals surface area contributed by atoms with E-state index in [2.05, 4.69) is 74.4 Å². The lowest BCUT2D eigenvalue weighted by Gasteiger charge is -2.37. The van der Waals surface area contributed by atoms with Gasteiger partial charge in [-0.15, -0.1) is 0 Å². The van der Waals surface area contributed by atoms with E-state index >= 15 is 19.2 Å². The number of phenols is 2. The molecule has 4 heterocycles. The van der Waals surface area contributed by atoms with Gasteiger partial charge < -0.3 is 126 Å². The molecule has 144 heavy (non-hydrogen) atoms. The molecule has 0 bridgehead atoms. The number of rotatable bonds is 33. The molecule has 41 heteroatoms. The number of hydrogen-bond donors (Lipinski definition) is 21. The number of guanidine groups is 2.